The Morgan fingerprint density at radius 2 is 1.97 bits per heavy atom. The predicted octanol–water partition coefficient (Wildman–Crippen LogP) is 5.09. The molecule has 1 saturated carbocycles. The van der Waals surface area contributed by atoms with Crippen molar-refractivity contribution in [1.82, 2.24) is 10.2 Å². The van der Waals surface area contributed by atoms with Gasteiger partial charge in [0.1, 0.15) is 5.75 Å². The Morgan fingerprint density at radius 1 is 1.21 bits per heavy atom. The first-order chi connectivity index (χ1) is 16.3. The van der Waals surface area contributed by atoms with Crippen molar-refractivity contribution in [3.05, 3.63) is 29.8 Å². The smallest absolute Gasteiger partial charge is 0.303 e. The van der Waals surface area contributed by atoms with Crippen molar-refractivity contribution in [2.75, 3.05) is 19.6 Å². The second-order valence-electron chi connectivity index (χ2n) is 11.0. The van der Waals surface area contributed by atoms with Crippen LogP contribution in [0, 0.1) is 11.8 Å². The Bertz CT molecular complexity index is 807. The number of aromatic hydroxyl groups is 1. The van der Waals surface area contributed by atoms with Crippen molar-refractivity contribution in [3.63, 3.8) is 0 Å². The molecule has 1 amide bonds. The van der Waals surface area contributed by atoms with Gasteiger partial charge in [-0.1, -0.05) is 58.1 Å². The third kappa shape index (κ3) is 7.72. The summed E-state index contributed by atoms with van der Waals surface area (Å²) in [5.41, 5.74) is 1.26. The van der Waals surface area contributed by atoms with Gasteiger partial charge in [0.25, 0.3) is 0 Å². The lowest BCUT2D eigenvalue weighted by Crippen LogP contribution is -2.48. The zero-order valence-electron chi connectivity index (χ0n) is 21.1. The van der Waals surface area contributed by atoms with Crippen LogP contribution in [0.5, 0.6) is 5.75 Å². The minimum Gasteiger partial charge on any atom is -0.508 e. The van der Waals surface area contributed by atoms with Crippen molar-refractivity contribution in [3.8, 4) is 5.75 Å². The molecule has 1 heterocycles. The number of likely N-dealkylation sites (tertiary alicyclic amines) is 1. The van der Waals surface area contributed by atoms with Crippen molar-refractivity contribution in [1.29, 1.82) is 0 Å². The maximum absolute atomic E-state index is 12.5. The van der Waals surface area contributed by atoms with Gasteiger partial charge in [0, 0.05) is 32.0 Å². The topological polar surface area (TPSA) is 89.9 Å². The fourth-order valence-corrected chi connectivity index (χ4v) is 5.92. The number of aliphatic carboxylic acids is 1. The number of benzene rings is 1. The molecule has 6 nitrogen and oxygen atoms in total. The monoisotopic (exact) mass is 472 g/mol. The number of carboxylic acids is 1. The largest absolute Gasteiger partial charge is 0.508 e. The second-order valence-corrected chi connectivity index (χ2v) is 11.0. The summed E-state index contributed by atoms with van der Waals surface area (Å²) in [5, 5.41) is 22.1. The van der Waals surface area contributed by atoms with E-state index in [1.165, 1.54) is 37.7 Å². The Morgan fingerprint density at radius 3 is 2.65 bits per heavy atom. The fraction of sp³-hybridized carbons (Fsp3) is 0.714. The van der Waals surface area contributed by atoms with Gasteiger partial charge in [-0.3, -0.25) is 9.59 Å². The Balaban J connectivity index is 1.54. The molecule has 3 rings (SSSR count). The molecule has 3 unspecified atom stereocenters. The van der Waals surface area contributed by atoms with Gasteiger partial charge >= 0.3 is 5.97 Å². The van der Waals surface area contributed by atoms with Crippen LogP contribution < -0.4 is 5.32 Å². The third-order valence-electron chi connectivity index (χ3n) is 8.37. The number of hydrogen-bond acceptors (Lipinski definition) is 4. The van der Waals surface area contributed by atoms with E-state index in [1.54, 1.807) is 6.07 Å². The molecular formula is C28H44N2O4. The van der Waals surface area contributed by atoms with E-state index in [9.17, 15) is 14.7 Å². The van der Waals surface area contributed by atoms with E-state index in [0.717, 1.165) is 38.9 Å². The summed E-state index contributed by atoms with van der Waals surface area (Å²) in [6.07, 6.45) is 10.2. The third-order valence-corrected chi connectivity index (χ3v) is 8.37. The van der Waals surface area contributed by atoms with Gasteiger partial charge in [-0.25, -0.2) is 0 Å². The summed E-state index contributed by atoms with van der Waals surface area (Å²) in [6.45, 7) is 7.61. The maximum Gasteiger partial charge on any atom is 0.303 e. The molecule has 190 valence electrons. The fourth-order valence-electron chi connectivity index (χ4n) is 5.92. The van der Waals surface area contributed by atoms with E-state index in [0.29, 0.717) is 24.0 Å². The number of rotatable bonds is 11. The first-order valence-electron chi connectivity index (χ1n) is 13.3. The van der Waals surface area contributed by atoms with Crippen LogP contribution >= 0.6 is 0 Å². The number of nitrogens with zero attached hydrogens (tertiary/aromatic N) is 1. The lowest BCUT2D eigenvalue weighted by molar-refractivity contribution is -0.137. The summed E-state index contributed by atoms with van der Waals surface area (Å²) in [7, 11) is 0. The van der Waals surface area contributed by atoms with Gasteiger partial charge in [0.15, 0.2) is 0 Å². The predicted molar refractivity (Wildman–Crippen MR) is 135 cm³/mol. The molecule has 1 aromatic rings. The quantitative estimate of drug-likeness (QED) is 0.417. The standard InChI is InChI=1S/C28H44N2O4/c1-21-20-30(17-15-28(21,2)23-10-6-11-25(31)19-23)16-14-24(18-22-8-4-3-5-9-22)29-26(32)12-7-13-27(33)34/h6,10-11,19,21-22,24,31H,3-5,7-9,12-18,20H2,1-2H3,(H,29,32)(H,33,34). The lowest BCUT2D eigenvalue weighted by Gasteiger charge is -2.45. The van der Waals surface area contributed by atoms with Crippen molar-refractivity contribution >= 4 is 11.9 Å². The molecule has 0 bridgehead atoms. The number of phenols is 1. The molecule has 2 aliphatic rings. The molecule has 0 radical (unpaired) electrons. The van der Waals surface area contributed by atoms with Gasteiger partial charge in [0.2, 0.25) is 5.91 Å². The van der Waals surface area contributed by atoms with Crippen LogP contribution in [-0.2, 0) is 15.0 Å². The number of carbonyl (C=O) groups excluding carboxylic acids is 1. The normalized spacial score (nSPS) is 25.1. The number of carboxylic acid groups (broad SMARTS) is 1. The van der Waals surface area contributed by atoms with Crippen molar-refractivity contribution in [2.45, 2.75) is 95.9 Å². The van der Waals surface area contributed by atoms with E-state index in [-0.39, 0.29) is 30.2 Å². The number of amides is 1. The lowest BCUT2D eigenvalue weighted by atomic mass is 9.68. The number of hydrogen-bond donors (Lipinski definition) is 3. The summed E-state index contributed by atoms with van der Waals surface area (Å²) in [5.74, 6) is 0.630. The van der Waals surface area contributed by atoms with Crippen molar-refractivity contribution in [2.24, 2.45) is 11.8 Å². The second kappa shape index (κ2) is 12.6. The minimum absolute atomic E-state index is 0.00877. The molecular weight excluding hydrogens is 428 g/mol. The van der Waals surface area contributed by atoms with Crippen LogP contribution in [-0.4, -0.2) is 52.7 Å². The van der Waals surface area contributed by atoms with Crippen LogP contribution in [0.3, 0.4) is 0 Å². The number of phenolic OH excluding ortho intramolecular Hbond substituents is 1. The van der Waals surface area contributed by atoms with E-state index in [1.807, 2.05) is 12.1 Å². The summed E-state index contributed by atoms with van der Waals surface area (Å²) < 4.78 is 0. The molecule has 34 heavy (non-hydrogen) atoms. The molecule has 3 atom stereocenters. The molecule has 0 spiro atoms. The Hall–Kier alpha value is -2.08. The molecule has 1 aromatic carbocycles. The van der Waals surface area contributed by atoms with Gasteiger partial charge in [-0.05, 0) is 67.2 Å². The molecule has 2 fully saturated rings. The number of nitrogens with one attached hydrogen (secondary N) is 1. The van der Waals surface area contributed by atoms with Crippen molar-refractivity contribution < 1.29 is 19.8 Å². The van der Waals surface area contributed by atoms with Gasteiger partial charge < -0.3 is 20.4 Å². The highest BCUT2D eigenvalue weighted by atomic mass is 16.4. The van der Waals surface area contributed by atoms with E-state index >= 15 is 0 Å². The highest BCUT2D eigenvalue weighted by Gasteiger charge is 2.38. The Kier molecular flexibility index (Phi) is 9.81. The highest BCUT2D eigenvalue weighted by molar-refractivity contribution is 5.77. The maximum atomic E-state index is 12.5. The van der Waals surface area contributed by atoms with Gasteiger partial charge in [-0.2, -0.15) is 0 Å². The van der Waals surface area contributed by atoms with Gasteiger partial charge in [-0.15, -0.1) is 0 Å². The Labute approximate surface area is 205 Å². The van der Waals surface area contributed by atoms with Crippen LogP contribution in [0.2, 0.25) is 0 Å². The molecule has 6 heteroatoms. The number of piperidine rings is 1. The highest BCUT2D eigenvalue weighted by Crippen LogP contribution is 2.40. The zero-order chi connectivity index (χ0) is 24.6. The first kappa shape index (κ1) is 26.5. The SMILES string of the molecule is CC1CN(CCC(CC2CCCCC2)NC(=O)CCCC(=O)O)CCC1(C)c1cccc(O)c1. The average molecular weight is 473 g/mol. The molecule has 3 N–H and O–H groups in total. The molecule has 1 aliphatic heterocycles. The van der Waals surface area contributed by atoms with E-state index in [4.69, 9.17) is 5.11 Å². The van der Waals surface area contributed by atoms with E-state index in [2.05, 4.69) is 30.1 Å². The molecule has 1 aliphatic carbocycles. The van der Waals surface area contributed by atoms with Gasteiger partial charge in [0.05, 0.1) is 0 Å². The zero-order valence-corrected chi connectivity index (χ0v) is 21.1. The van der Waals surface area contributed by atoms with Crippen LogP contribution in [0.1, 0.15) is 90.0 Å². The van der Waals surface area contributed by atoms with Crippen LogP contribution in [0.25, 0.3) is 0 Å². The minimum atomic E-state index is -0.844. The average Bonchev–Trinajstić information content (AvgIpc) is 2.80. The summed E-state index contributed by atoms with van der Waals surface area (Å²) in [4.78, 5) is 25.8. The van der Waals surface area contributed by atoms with E-state index < -0.39 is 5.97 Å². The number of carbonyl (C=O) groups is 2. The first-order valence-corrected chi connectivity index (χ1v) is 13.3. The summed E-state index contributed by atoms with van der Waals surface area (Å²) >= 11 is 0. The molecule has 1 saturated heterocycles. The molecule has 0 aromatic heterocycles. The summed E-state index contributed by atoms with van der Waals surface area (Å²) in [6, 6.07) is 7.87. The van der Waals surface area contributed by atoms with Crippen LogP contribution in [0.15, 0.2) is 24.3 Å². The van der Waals surface area contributed by atoms with Crippen LogP contribution in [0.4, 0.5) is 0 Å².